The maximum atomic E-state index is 4.62. The van der Waals surface area contributed by atoms with Crippen molar-refractivity contribution in [2.24, 2.45) is 4.99 Å². The summed E-state index contributed by atoms with van der Waals surface area (Å²) >= 11 is 0. The smallest absolute Gasteiger partial charge is 0.225 e. The van der Waals surface area contributed by atoms with E-state index >= 15 is 0 Å². The average Bonchev–Trinajstić information content (AvgIpc) is 3.15. The van der Waals surface area contributed by atoms with Crippen LogP contribution in [0.4, 0.5) is 5.95 Å². The molecule has 0 radical (unpaired) electrons. The molecule has 0 spiro atoms. The number of halogens is 1. The first-order valence-corrected chi connectivity index (χ1v) is 9.24. The fourth-order valence-electron chi connectivity index (χ4n) is 3.32. The van der Waals surface area contributed by atoms with Gasteiger partial charge in [0.2, 0.25) is 5.95 Å². The van der Waals surface area contributed by atoms with Gasteiger partial charge < -0.3 is 20.1 Å². The van der Waals surface area contributed by atoms with Crippen molar-refractivity contribution in [2.75, 3.05) is 44.7 Å². The van der Waals surface area contributed by atoms with E-state index in [0.29, 0.717) is 0 Å². The molecule has 148 valence electrons. The Labute approximate surface area is 181 Å². The summed E-state index contributed by atoms with van der Waals surface area (Å²) in [6, 6.07) is 9.94. The molecule has 1 aliphatic heterocycles. The molecule has 28 heavy (non-hydrogen) atoms. The van der Waals surface area contributed by atoms with E-state index in [1.54, 1.807) is 12.4 Å². The maximum absolute atomic E-state index is 4.62. The molecule has 0 amide bonds. The van der Waals surface area contributed by atoms with E-state index in [9.17, 15) is 0 Å². The number of piperazine rings is 1. The normalized spacial score (nSPS) is 14.8. The molecule has 9 heteroatoms. The summed E-state index contributed by atoms with van der Waals surface area (Å²) in [4.78, 5) is 25.6. The lowest BCUT2D eigenvalue weighted by Crippen LogP contribution is -2.53. The van der Waals surface area contributed by atoms with Crippen LogP contribution in [0.25, 0.3) is 11.0 Å². The lowest BCUT2D eigenvalue weighted by atomic mass is 10.3. The Kier molecular flexibility index (Phi) is 7.01. The molecule has 2 N–H and O–H groups in total. The van der Waals surface area contributed by atoms with Crippen LogP contribution in [0.1, 0.15) is 5.82 Å². The Balaban J connectivity index is 0.00000225. The van der Waals surface area contributed by atoms with Crippen LogP contribution in [0.5, 0.6) is 0 Å². The molecule has 0 saturated carbocycles. The topological polar surface area (TPSA) is 85.3 Å². The summed E-state index contributed by atoms with van der Waals surface area (Å²) in [5.74, 6) is 2.72. The monoisotopic (exact) mass is 492 g/mol. The van der Waals surface area contributed by atoms with Gasteiger partial charge >= 0.3 is 0 Å². The lowest BCUT2D eigenvalue weighted by molar-refractivity contribution is 0.370. The van der Waals surface area contributed by atoms with Crippen molar-refractivity contribution in [3.05, 3.63) is 48.5 Å². The Morgan fingerprint density at radius 2 is 1.86 bits per heavy atom. The van der Waals surface area contributed by atoms with Crippen LogP contribution in [-0.2, 0) is 6.42 Å². The van der Waals surface area contributed by atoms with Gasteiger partial charge in [-0.15, -0.1) is 24.0 Å². The molecular formula is C19H25IN8. The van der Waals surface area contributed by atoms with Gasteiger partial charge in [-0.1, -0.05) is 12.1 Å². The fourth-order valence-corrected chi connectivity index (χ4v) is 3.32. The Hall–Kier alpha value is -2.43. The number of guanidine groups is 1. The third-order valence-corrected chi connectivity index (χ3v) is 4.71. The van der Waals surface area contributed by atoms with Gasteiger partial charge in [0.1, 0.15) is 5.82 Å². The SMILES string of the molecule is CN=C(NCCc1nc2ccccc2[nH]1)N1CCN(c2ncccn2)CC1.I. The second kappa shape index (κ2) is 9.67. The lowest BCUT2D eigenvalue weighted by Gasteiger charge is -2.36. The predicted molar refractivity (Wildman–Crippen MR) is 122 cm³/mol. The van der Waals surface area contributed by atoms with E-state index in [0.717, 1.165) is 67.9 Å². The first-order chi connectivity index (χ1) is 13.3. The number of aliphatic imine (C=N–C) groups is 1. The maximum Gasteiger partial charge on any atom is 0.225 e. The third kappa shape index (κ3) is 4.70. The summed E-state index contributed by atoms with van der Waals surface area (Å²) < 4.78 is 0. The number of nitrogens with zero attached hydrogens (tertiary/aromatic N) is 6. The quantitative estimate of drug-likeness (QED) is 0.329. The number of H-pyrrole nitrogens is 1. The summed E-state index contributed by atoms with van der Waals surface area (Å²) in [6.45, 7) is 4.34. The second-order valence-corrected chi connectivity index (χ2v) is 6.45. The largest absolute Gasteiger partial charge is 0.356 e. The van der Waals surface area contributed by atoms with E-state index < -0.39 is 0 Å². The highest BCUT2D eigenvalue weighted by Gasteiger charge is 2.20. The Morgan fingerprint density at radius 1 is 1.11 bits per heavy atom. The van der Waals surface area contributed by atoms with Gasteiger partial charge in [0, 0.05) is 58.6 Å². The standard InChI is InChI=1S/C19H24N8.HI/c1-20-18(23-10-7-17-24-15-5-2-3-6-16(15)25-17)26-11-13-27(14-12-26)19-21-8-4-9-22-19;/h2-6,8-9H,7,10-14H2,1H3,(H,20,23)(H,24,25);1H. The molecule has 3 heterocycles. The molecule has 1 aliphatic rings. The second-order valence-electron chi connectivity index (χ2n) is 6.45. The summed E-state index contributed by atoms with van der Waals surface area (Å²) in [7, 11) is 1.83. The van der Waals surface area contributed by atoms with Crippen molar-refractivity contribution in [3.63, 3.8) is 0 Å². The van der Waals surface area contributed by atoms with Crippen LogP contribution in [-0.4, -0.2) is 70.6 Å². The molecule has 1 fully saturated rings. The predicted octanol–water partition coefficient (Wildman–Crippen LogP) is 1.91. The number of aromatic amines is 1. The number of anilines is 1. The average molecular weight is 492 g/mol. The number of imidazole rings is 1. The molecule has 1 saturated heterocycles. The molecule has 0 aliphatic carbocycles. The van der Waals surface area contributed by atoms with E-state index in [2.05, 4.69) is 40.0 Å². The first-order valence-electron chi connectivity index (χ1n) is 9.24. The van der Waals surface area contributed by atoms with Crippen LogP contribution < -0.4 is 10.2 Å². The zero-order valence-corrected chi connectivity index (χ0v) is 18.2. The van der Waals surface area contributed by atoms with Crippen molar-refractivity contribution < 1.29 is 0 Å². The van der Waals surface area contributed by atoms with E-state index in [1.807, 2.05) is 37.4 Å². The number of fused-ring (bicyclic) bond motifs is 1. The zero-order chi connectivity index (χ0) is 18.5. The van der Waals surface area contributed by atoms with Gasteiger partial charge in [-0.25, -0.2) is 15.0 Å². The number of rotatable bonds is 4. The molecule has 1 aromatic carbocycles. The summed E-state index contributed by atoms with van der Waals surface area (Å²) in [5.41, 5.74) is 2.09. The van der Waals surface area contributed by atoms with Gasteiger partial charge in [0.05, 0.1) is 11.0 Å². The van der Waals surface area contributed by atoms with Gasteiger partial charge in [0.25, 0.3) is 0 Å². The van der Waals surface area contributed by atoms with Crippen LogP contribution in [0, 0.1) is 0 Å². The fraction of sp³-hybridized carbons (Fsp3) is 0.368. The number of nitrogens with one attached hydrogen (secondary N) is 2. The minimum atomic E-state index is 0. The Bertz CT molecular complexity index is 869. The van der Waals surface area contributed by atoms with Crippen molar-refractivity contribution >= 4 is 46.9 Å². The molecule has 8 nitrogen and oxygen atoms in total. The highest BCUT2D eigenvalue weighted by Crippen LogP contribution is 2.11. The number of para-hydroxylation sites is 2. The third-order valence-electron chi connectivity index (χ3n) is 4.71. The minimum absolute atomic E-state index is 0. The summed E-state index contributed by atoms with van der Waals surface area (Å²) in [5, 5.41) is 3.45. The highest BCUT2D eigenvalue weighted by molar-refractivity contribution is 14.0. The van der Waals surface area contributed by atoms with Gasteiger partial charge in [-0.3, -0.25) is 4.99 Å². The van der Waals surface area contributed by atoms with Crippen LogP contribution in [0.3, 0.4) is 0 Å². The first kappa shape index (κ1) is 20.3. The van der Waals surface area contributed by atoms with Gasteiger partial charge in [0.15, 0.2) is 5.96 Å². The van der Waals surface area contributed by atoms with Crippen LogP contribution >= 0.6 is 24.0 Å². The van der Waals surface area contributed by atoms with Crippen LogP contribution in [0.2, 0.25) is 0 Å². The van der Waals surface area contributed by atoms with E-state index in [1.165, 1.54) is 0 Å². The van der Waals surface area contributed by atoms with Crippen molar-refractivity contribution in [1.29, 1.82) is 0 Å². The van der Waals surface area contributed by atoms with Crippen molar-refractivity contribution in [3.8, 4) is 0 Å². The number of aromatic nitrogens is 4. The van der Waals surface area contributed by atoms with E-state index in [4.69, 9.17) is 0 Å². The molecule has 0 atom stereocenters. The molecule has 4 rings (SSSR count). The van der Waals surface area contributed by atoms with Crippen molar-refractivity contribution in [1.82, 2.24) is 30.2 Å². The minimum Gasteiger partial charge on any atom is -0.356 e. The molecule has 0 bridgehead atoms. The number of hydrogen-bond donors (Lipinski definition) is 2. The molecular weight excluding hydrogens is 467 g/mol. The van der Waals surface area contributed by atoms with Crippen molar-refractivity contribution in [2.45, 2.75) is 6.42 Å². The number of hydrogen-bond acceptors (Lipinski definition) is 5. The molecule has 3 aromatic rings. The highest BCUT2D eigenvalue weighted by atomic mass is 127. The van der Waals surface area contributed by atoms with Crippen LogP contribution in [0.15, 0.2) is 47.7 Å². The number of benzene rings is 1. The molecule has 2 aromatic heterocycles. The van der Waals surface area contributed by atoms with Gasteiger partial charge in [-0.05, 0) is 18.2 Å². The zero-order valence-electron chi connectivity index (χ0n) is 15.9. The summed E-state index contributed by atoms with van der Waals surface area (Å²) in [6.07, 6.45) is 4.39. The van der Waals surface area contributed by atoms with E-state index in [-0.39, 0.29) is 24.0 Å². The molecule has 0 unspecified atom stereocenters. The Morgan fingerprint density at radius 3 is 2.57 bits per heavy atom. The van der Waals surface area contributed by atoms with Gasteiger partial charge in [-0.2, -0.15) is 0 Å².